The van der Waals surface area contributed by atoms with Crippen LogP contribution in [0, 0.1) is 0 Å². The molecular weight excluding hydrogens is 564 g/mol. The van der Waals surface area contributed by atoms with Crippen LogP contribution in [-0.4, -0.2) is 87.4 Å². The number of aromatic nitrogens is 5. The second kappa shape index (κ2) is 12.9. The number of carboxylic acids is 1. The summed E-state index contributed by atoms with van der Waals surface area (Å²) in [5.41, 5.74) is 2.53. The highest BCUT2D eigenvalue weighted by Gasteiger charge is 2.54. The van der Waals surface area contributed by atoms with E-state index in [9.17, 15) is 24.3 Å². The molecule has 218 valence electrons. The van der Waals surface area contributed by atoms with E-state index >= 15 is 0 Å². The number of pyridine rings is 2. The minimum absolute atomic E-state index is 0.173. The standard InChI is InChI=1S/C27H28N8O6S/c1-17(36)41-15-18-16-42-26-23(25(38)35(26)24(18)27(39)40)30-22(37)14-34-13-21(31-32-34)12-33(10-19-6-2-4-8-28-19)11-20-7-3-5-9-29-20/h2-9,13,23,26H,10-12,14-16H2,1H3,(H,30,37)(H,39,40)/t23-,26+/m1/s1. The molecule has 3 aromatic heterocycles. The third kappa shape index (κ3) is 6.80. The third-order valence-electron chi connectivity index (χ3n) is 6.52. The summed E-state index contributed by atoms with van der Waals surface area (Å²) >= 11 is 1.29. The molecule has 0 aromatic carbocycles. The molecule has 0 aliphatic carbocycles. The van der Waals surface area contributed by atoms with Crippen molar-refractivity contribution in [2.24, 2.45) is 0 Å². The molecule has 14 nitrogen and oxygen atoms in total. The Kier molecular flexibility index (Phi) is 8.88. The molecule has 0 saturated carbocycles. The maximum Gasteiger partial charge on any atom is 0.352 e. The first kappa shape index (κ1) is 28.9. The molecule has 0 bridgehead atoms. The summed E-state index contributed by atoms with van der Waals surface area (Å²) in [6.45, 7) is 2.38. The predicted molar refractivity (Wildman–Crippen MR) is 148 cm³/mol. The van der Waals surface area contributed by atoms with Crippen LogP contribution in [0.25, 0.3) is 0 Å². The van der Waals surface area contributed by atoms with E-state index in [4.69, 9.17) is 4.74 Å². The number of carbonyl (C=O) groups excluding carboxylic acids is 3. The molecule has 2 N–H and O–H groups in total. The number of aliphatic carboxylic acids is 1. The topological polar surface area (TPSA) is 173 Å². The van der Waals surface area contributed by atoms with Crippen molar-refractivity contribution in [3.63, 3.8) is 0 Å². The number of hydrogen-bond donors (Lipinski definition) is 2. The van der Waals surface area contributed by atoms with Gasteiger partial charge in [-0.3, -0.25) is 34.2 Å². The van der Waals surface area contributed by atoms with Gasteiger partial charge in [-0.1, -0.05) is 17.3 Å². The molecule has 3 aromatic rings. The maximum atomic E-state index is 12.9. The molecule has 2 amide bonds. The molecule has 0 spiro atoms. The Morgan fingerprint density at radius 3 is 2.33 bits per heavy atom. The Morgan fingerprint density at radius 2 is 1.74 bits per heavy atom. The van der Waals surface area contributed by atoms with Gasteiger partial charge in [-0.15, -0.1) is 16.9 Å². The van der Waals surface area contributed by atoms with Gasteiger partial charge in [-0.05, 0) is 24.3 Å². The molecule has 15 heteroatoms. The molecule has 2 aliphatic rings. The number of nitrogens with one attached hydrogen (secondary N) is 1. The zero-order valence-electron chi connectivity index (χ0n) is 22.6. The summed E-state index contributed by atoms with van der Waals surface area (Å²) in [4.78, 5) is 60.8. The monoisotopic (exact) mass is 592 g/mol. The second-order valence-electron chi connectivity index (χ2n) is 9.69. The van der Waals surface area contributed by atoms with E-state index in [2.05, 4.69) is 30.5 Å². The minimum atomic E-state index is -1.30. The molecule has 0 radical (unpaired) electrons. The molecule has 42 heavy (non-hydrogen) atoms. The lowest BCUT2D eigenvalue weighted by atomic mass is 10.0. The van der Waals surface area contributed by atoms with Crippen LogP contribution in [0.5, 0.6) is 0 Å². The molecule has 5 rings (SSSR count). The van der Waals surface area contributed by atoms with Crippen molar-refractivity contribution in [2.45, 2.75) is 44.5 Å². The lowest BCUT2D eigenvalue weighted by molar-refractivity contribution is -0.151. The largest absolute Gasteiger partial charge is 0.477 e. The fourth-order valence-electron chi connectivity index (χ4n) is 4.68. The van der Waals surface area contributed by atoms with Crippen LogP contribution < -0.4 is 5.32 Å². The number of rotatable bonds is 12. The quantitative estimate of drug-likeness (QED) is 0.222. The normalized spacial score (nSPS) is 18.0. The van der Waals surface area contributed by atoms with Crippen molar-refractivity contribution in [2.75, 3.05) is 12.4 Å². The SMILES string of the molecule is CC(=O)OCC1=C(C(=O)O)N2C(=O)[C@@H](NC(=O)Cn3cc(CN(Cc4ccccn4)Cc4ccccn4)nn3)[C@@H]2SC1. The zero-order chi connectivity index (χ0) is 29.6. The van der Waals surface area contributed by atoms with Crippen molar-refractivity contribution in [3.8, 4) is 0 Å². The van der Waals surface area contributed by atoms with E-state index in [0.29, 0.717) is 30.9 Å². The molecule has 1 fully saturated rings. The van der Waals surface area contributed by atoms with Crippen LogP contribution in [0.4, 0.5) is 0 Å². The zero-order valence-corrected chi connectivity index (χ0v) is 23.4. The highest BCUT2D eigenvalue weighted by Crippen LogP contribution is 2.40. The van der Waals surface area contributed by atoms with E-state index in [1.54, 1.807) is 18.6 Å². The number of fused-ring (bicyclic) bond motifs is 1. The number of amides is 2. The summed E-state index contributed by atoms with van der Waals surface area (Å²) in [6, 6.07) is 10.6. The van der Waals surface area contributed by atoms with E-state index in [1.165, 1.54) is 23.4 Å². The van der Waals surface area contributed by atoms with Crippen molar-refractivity contribution in [3.05, 3.63) is 83.3 Å². The number of hydrogen-bond acceptors (Lipinski definition) is 11. The van der Waals surface area contributed by atoms with Crippen LogP contribution in [0.2, 0.25) is 0 Å². The average molecular weight is 593 g/mol. The highest BCUT2D eigenvalue weighted by molar-refractivity contribution is 8.00. The fourth-order valence-corrected chi connectivity index (χ4v) is 6.00. The smallest absolute Gasteiger partial charge is 0.352 e. The number of esters is 1. The van der Waals surface area contributed by atoms with Gasteiger partial charge in [0.1, 0.15) is 30.3 Å². The number of ether oxygens (including phenoxy) is 1. The summed E-state index contributed by atoms with van der Waals surface area (Å²) in [5.74, 6) is -2.61. The Hall–Kier alpha value is -4.63. The molecular formula is C27H28N8O6S. The molecule has 2 atom stereocenters. The first-order valence-corrected chi connectivity index (χ1v) is 14.1. The number of carboxylic acid groups (broad SMARTS) is 1. The molecule has 2 aliphatic heterocycles. The van der Waals surface area contributed by atoms with E-state index in [-0.39, 0.29) is 24.6 Å². The van der Waals surface area contributed by atoms with Gasteiger partial charge >= 0.3 is 11.9 Å². The van der Waals surface area contributed by atoms with Crippen LogP contribution in [-0.2, 0) is 50.1 Å². The lowest BCUT2D eigenvalue weighted by Crippen LogP contribution is -2.70. The number of thioether (sulfide) groups is 1. The fraction of sp³-hybridized carbons (Fsp3) is 0.333. The summed E-state index contributed by atoms with van der Waals surface area (Å²) in [6.07, 6.45) is 5.14. The average Bonchev–Trinajstić information content (AvgIpc) is 3.41. The maximum absolute atomic E-state index is 12.9. The molecule has 5 heterocycles. The number of β-lactam (4-membered cyclic amide) rings is 1. The van der Waals surface area contributed by atoms with Gasteiger partial charge in [-0.2, -0.15) is 0 Å². The van der Waals surface area contributed by atoms with Gasteiger partial charge in [0.2, 0.25) is 5.91 Å². The second-order valence-corrected chi connectivity index (χ2v) is 10.8. The van der Waals surface area contributed by atoms with Gasteiger partial charge in [0.05, 0.1) is 23.3 Å². The Morgan fingerprint density at radius 1 is 1.07 bits per heavy atom. The van der Waals surface area contributed by atoms with Crippen LogP contribution >= 0.6 is 11.8 Å². The number of nitrogens with zero attached hydrogens (tertiary/aromatic N) is 7. The summed E-state index contributed by atoms with van der Waals surface area (Å²) in [5, 5.41) is 20.1. The van der Waals surface area contributed by atoms with Crippen molar-refractivity contribution in [1.29, 1.82) is 0 Å². The first-order chi connectivity index (χ1) is 20.3. The van der Waals surface area contributed by atoms with Crippen LogP contribution in [0.3, 0.4) is 0 Å². The third-order valence-corrected chi connectivity index (χ3v) is 7.86. The molecule has 0 unspecified atom stereocenters. The Balaban J connectivity index is 1.19. The van der Waals surface area contributed by atoms with Crippen molar-refractivity contribution in [1.82, 2.24) is 40.1 Å². The van der Waals surface area contributed by atoms with Crippen LogP contribution in [0.15, 0.2) is 66.3 Å². The van der Waals surface area contributed by atoms with Gasteiger partial charge in [0.15, 0.2) is 0 Å². The lowest BCUT2D eigenvalue weighted by Gasteiger charge is -2.49. The Bertz CT molecular complexity index is 1460. The number of carbonyl (C=O) groups is 4. The van der Waals surface area contributed by atoms with E-state index in [1.807, 2.05) is 36.4 Å². The van der Waals surface area contributed by atoms with E-state index < -0.39 is 35.2 Å². The summed E-state index contributed by atoms with van der Waals surface area (Å²) < 4.78 is 6.33. The van der Waals surface area contributed by atoms with Crippen LogP contribution in [0.1, 0.15) is 24.0 Å². The Labute approximate surface area is 244 Å². The van der Waals surface area contributed by atoms with Gasteiger partial charge in [0, 0.05) is 50.3 Å². The van der Waals surface area contributed by atoms with Crippen molar-refractivity contribution >= 4 is 35.5 Å². The highest BCUT2D eigenvalue weighted by atomic mass is 32.2. The first-order valence-electron chi connectivity index (χ1n) is 13.0. The van der Waals surface area contributed by atoms with Gasteiger partial charge in [0.25, 0.3) is 5.91 Å². The summed E-state index contributed by atoms with van der Waals surface area (Å²) in [7, 11) is 0. The molecule has 1 saturated heterocycles. The van der Waals surface area contributed by atoms with Gasteiger partial charge < -0.3 is 15.2 Å². The van der Waals surface area contributed by atoms with Crippen molar-refractivity contribution < 1.29 is 29.0 Å². The predicted octanol–water partition coefficient (Wildman–Crippen LogP) is 0.572. The minimum Gasteiger partial charge on any atom is -0.477 e. The van der Waals surface area contributed by atoms with Gasteiger partial charge in [-0.25, -0.2) is 9.48 Å². The van der Waals surface area contributed by atoms with E-state index in [0.717, 1.165) is 16.3 Å².